The summed E-state index contributed by atoms with van der Waals surface area (Å²) in [5, 5.41) is 3.26. The Morgan fingerprint density at radius 1 is 1.44 bits per heavy atom. The molecule has 0 aliphatic carbocycles. The Labute approximate surface area is 97.5 Å². The lowest BCUT2D eigenvalue weighted by Gasteiger charge is -2.25. The zero-order chi connectivity index (χ0) is 12.0. The molecule has 0 aliphatic rings. The van der Waals surface area contributed by atoms with Gasteiger partial charge in [0.05, 0.1) is 17.3 Å². The highest BCUT2D eigenvalue weighted by molar-refractivity contribution is 5.02. The van der Waals surface area contributed by atoms with Gasteiger partial charge in [0.1, 0.15) is 0 Å². The number of hydrogen-bond acceptors (Lipinski definition) is 4. The molecule has 0 aliphatic heterocycles. The Morgan fingerprint density at radius 2 is 2.19 bits per heavy atom. The molecule has 0 fully saturated rings. The monoisotopic (exact) mass is 223 g/mol. The summed E-state index contributed by atoms with van der Waals surface area (Å²) >= 11 is 0. The van der Waals surface area contributed by atoms with Crippen LogP contribution < -0.4 is 5.32 Å². The minimum atomic E-state index is -0.0860. The first kappa shape index (κ1) is 13.1. The maximum Gasteiger partial charge on any atom is 0.0755 e. The van der Waals surface area contributed by atoms with Gasteiger partial charge in [0.2, 0.25) is 0 Å². The lowest BCUT2D eigenvalue weighted by atomic mass is 9.97. The molecule has 1 aromatic heterocycles. The minimum absolute atomic E-state index is 0.0860. The van der Waals surface area contributed by atoms with Crippen molar-refractivity contribution >= 4 is 0 Å². The lowest BCUT2D eigenvalue weighted by Crippen LogP contribution is -2.26. The van der Waals surface area contributed by atoms with Crippen LogP contribution in [0.15, 0.2) is 18.6 Å². The highest BCUT2D eigenvalue weighted by Gasteiger charge is 2.19. The van der Waals surface area contributed by atoms with Crippen molar-refractivity contribution in [2.24, 2.45) is 0 Å². The van der Waals surface area contributed by atoms with E-state index in [2.05, 4.69) is 29.1 Å². The summed E-state index contributed by atoms with van der Waals surface area (Å²) in [4.78, 5) is 8.39. The van der Waals surface area contributed by atoms with Crippen molar-refractivity contribution in [3.63, 3.8) is 0 Å². The average Bonchev–Trinajstić information content (AvgIpc) is 2.31. The predicted octanol–water partition coefficient (Wildman–Crippen LogP) is 1.94. The molecule has 0 amide bonds. The molecule has 90 valence electrons. The van der Waals surface area contributed by atoms with Crippen LogP contribution in [0.25, 0.3) is 0 Å². The van der Waals surface area contributed by atoms with Crippen molar-refractivity contribution in [2.45, 2.75) is 38.3 Å². The van der Waals surface area contributed by atoms with Crippen molar-refractivity contribution in [1.82, 2.24) is 15.3 Å². The molecule has 16 heavy (non-hydrogen) atoms. The second kappa shape index (κ2) is 5.92. The van der Waals surface area contributed by atoms with Gasteiger partial charge in [-0.15, -0.1) is 0 Å². The number of rotatable bonds is 6. The number of ether oxygens (including phenoxy) is 1. The Balaban J connectivity index is 2.57. The molecule has 0 saturated carbocycles. The number of methoxy groups -OCH3 is 1. The molecule has 0 saturated heterocycles. The number of hydrogen-bond donors (Lipinski definition) is 1. The predicted molar refractivity (Wildman–Crippen MR) is 64.2 cm³/mol. The highest BCUT2D eigenvalue weighted by Crippen LogP contribution is 2.22. The quantitative estimate of drug-likeness (QED) is 0.800. The topological polar surface area (TPSA) is 47.0 Å². The SMILES string of the molecule is CNC(CCC(C)(C)OC)c1cnccn1. The summed E-state index contributed by atoms with van der Waals surface area (Å²) in [5.41, 5.74) is 0.897. The highest BCUT2D eigenvalue weighted by atomic mass is 16.5. The second-order valence-corrected chi connectivity index (χ2v) is 4.47. The lowest BCUT2D eigenvalue weighted by molar-refractivity contribution is 0.0117. The number of nitrogens with zero attached hydrogens (tertiary/aromatic N) is 2. The molecule has 1 N–H and O–H groups in total. The summed E-state index contributed by atoms with van der Waals surface area (Å²) in [6.45, 7) is 4.19. The first-order valence-electron chi connectivity index (χ1n) is 5.57. The van der Waals surface area contributed by atoms with Crippen LogP contribution in [0, 0.1) is 0 Å². The summed E-state index contributed by atoms with van der Waals surface area (Å²) < 4.78 is 5.40. The Hall–Kier alpha value is -1.00. The van der Waals surface area contributed by atoms with Crippen molar-refractivity contribution in [3.8, 4) is 0 Å². The van der Waals surface area contributed by atoms with Crippen LogP contribution in [-0.4, -0.2) is 29.7 Å². The summed E-state index contributed by atoms with van der Waals surface area (Å²) in [6.07, 6.45) is 7.18. The van der Waals surface area contributed by atoms with E-state index < -0.39 is 0 Å². The molecular formula is C12H21N3O. The minimum Gasteiger partial charge on any atom is -0.379 e. The maximum atomic E-state index is 5.40. The molecule has 1 unspecified atom stereocenters. The fraction of sp³-hybridized carbons (Fsp3) is 0.667. The third-order valence-corrected chi connectivity index (χ3v) is 2.88. The van der Waals surface area contributed by atoms with Gasteiger partial charge >= 0.3 is 0 Å². The molecule has 1 atom stereocenters. The van der Waals surface area contributed by atoms with Gasteiger partial charge in [-0.25, -0.2) is 0 Å². The van der Waals surface area contributed by atoms with E-state index in [9.17, 15) is 0 Å². The van der Waals surface area contributed by atoms with Crippen molar-refractivity contribution in [1.29, 1.82) is 0 Å². The van der Waals surface area contributed by atoms with Crippen LogP contribution >= 0.6 is 0 Å². The number of nitrogens with one attached hydrogen (secondary N) is 1. The molecule has 0 radical (unpaired) electrons. The van der Waals surface area contributed by atoms with Crippen LogP contribution in [0.1, 0.15) is 38.4 Å². The smallest absolute Gasteiger partial charge is 0.0755 e. The second-order valence-electron chi connectivity index (χ2n) is 4.47. The summed E-state index contributed by atoms with van der Waals surface area (Å²) in [5.74, 6) is 0. The van der Waals surface area contributed by atoms with E-state index in [1.54, 1.807) is 25.7 Å². The Bertz CT molecular complexity index is 300. The molecule has 0 bridgehead atoms. The molecular weight excluding hydrogens is 202 g/mol. The van der Waals surface area contributed by atoms with E-state index >= 15 is 0 Å². The van der Waals surface area contributed by atoms with Gasteiger partial charge in [-0.1, -0.05) is 0 Å². The zero-order valence-corrected chi connectivity index (χ0v) is 10.5. The molecule has 1 rings (SSSR count). The summed E-state index contributed by atoms with van der Waals surface area (Å²) in [6, 6.07) is 0.239. The molecule has 0 aromatic carbocycles. The van der Waals surface area contributed by atoms with Gasteiger partial charge in [0.15, 0.2) is 0 Å². The molecule has 4 nitrogen and oxygen atoms in total. The van der Waals surface area contributed by atoms with Crippen LogP contribution in [0.4, 0.5) is 0 Å². The van der Waals surface area contributed by atoms with E-state index in [0.29, 0.717) is 0 Å². The fourth-order valence-corrected chi connectivity index (χ4v) is 1.52. The van der Waals surface area contributed by atoms with E-state index in [-0.39, 0.29) is 11.6 Å². The van der Waals surface area contributed by atoms with E-state index in [1.807, 2.05) is 7.05 Å². The van der Waals surface area contributed by atoms with Gasteiger partial charge in [0, 0.05) is 25.7 Å². The third kappa shape index (κ3) is 3.87. The average molecular weight is 223 g/mol. The van der Waals surface area contributed by atoms with Crippen LogP contribution in [0.5, 0.6) is 0 Å². The first-order valence-corrected chi connectivity index (χ1v) is 5.57. The number of aromatic nitrogens is 2. The maximum absolute atomic E-state index is 5.40. The van der Waals surface area contributed by atoms with Crippen molar-refractivity contribution in [2.75, 3.05) is 14.2 Å². The van der Waals surface area contributed by atoms with Crippen LogP contribution in [-0.2, 0) is 4.74 Å². The van der Waals surface area contributed by atoms with Crippen LogP contribution in [0.3, 0.4) is 0 Å². The third-order valence-electron chi connectivity index (χ3n) is 2.88. The standard InChI is InChI=1S/C12H21N3O/c1-12(2,16-4)6-5-10(13-3)11-9-14-7-8-15-11/h7-10,13H,5-6H2,1-4H3. The summed E-state index contributed by atoms with van der Waals surface area (Å²) in [7, 11) is 3.69. The van der Waals surface area contributed by atoms with E-state index in [1.165, 1.54) is 0 Å². The molecule has 0 spiro atoms. The molecule has 1 heterocycles. The van der Waals surface area contributed by atoms with Gasteiger partial charge < -0.3 is 10.1 Å². The van der Waals surface area contributed by atoms with Crippen molar-refractivity contribution in [3.05, 3.63) is 24.3 Å². The normalized spacial score (nSPS) is 13.8. The molecule has 4 heteroatoms. The molecule has 1 aromatic rings. The fourth-order valence-electron chi connectivity index (χ4n) is 1.52. The van der Waals surface area contributed by atoms with Gasteiger partial charge in [-0.3, -0.25) is 9.97 Å². The van der Waals surface area contributed by atoms with Gasteiger partial charge in [0.25, 0.3) is 0 Å². The zero-order valence-electron chi connectivity index (χ0n) is 10.5. The Kier molecular flexibility index (Phi) is 4.83. The largest absolute Gasteiger partial charge is 0.379 e. The van der Waals surface area contributed by atoms with Gasteiger partial charge in [-0.2, -0.15) is 0 Å². The first-order chi connectivity index (χ1) is 7.59. The van der Waals surface area contributed by atoms with Crippen LogP contribution in [0.2, 0.25) is 0 Å². The van der Waals surface area contributed by atoms with E-state index in [4.69, 9.17) is 4.74 Å². The van der Waals surface area contributed by atoms with Crippen molar-refractivity contribution < 1.29 is 4.74 Å². The Morgan fingerprint density at radius 3 is 2.69 bits per heavy atom. The van der Waals surface area contributed by atoms with E-state index in [0.717, 1.165) is 18.5 Å². The van der Waals surface area contributed by atoms with Gasteiger partial charge in [-0.05, 0) is 33.7 Å².